The maximum Gasteiger partial charge on any atom is 0.206 e. The van der Waals surface area contributed by atoms with Crippen molar-refractivity contribution in [3.8, 4) is 0 Å². The Morgan fingerprint density at radius 2 is 1.11 bits per heavy atom. The second-order valence-corrected chi connectivity index (χ2v) is 13.4. The molecular formula is C20H18Br4O3. The van der Waals surface area contributed by atoms with Crippen molar-refractivity contribution in [1.29, 1.82) is 0 Å². The van der Waals surface area contributed by atoms with Crippen LogP contribution in [0.15, 0.2) is 48.5 Å². The average Bonchev–Trinajstić information content (AvgIpc) is 3.52. The number of epoxide rings is 2. The van der Waals surface area contributed by atoms with E-state index in [1.165, 1.54) is 11.1 Å². The molecule has 0 radical (unpaired) electrons. The van der Waals surface area contributed by atoms with E-state index in [0.29, 0.717) is 12.2 Å². The van der Waals surface area contributed by atoms with Crippen LogP contribution in [0.2, 0.25) is 0 Å². The summed E-state index contributed by atoms with van der Waals surface area (Å²) in [6, 6.07) is 16.4. The van der Waals surface area contributed by atoms with Gasteiger partial charge in [-0.3, -0.25) is 0 Å². The van der Waals surface area contributed by atoms with E-state index in [2.05, 4.69) is 88.0 Å². The normalized spacial score (nSPS) is 21.9. The number of halogens is 4. The molecule has 0 saturated carbocycles. The molecule has 2 aromatic carbocycles. The monoisotopic (exact) mass is 622 g/mol. The van der Waals surface area contributed by atoms with Gasteiger partial charge < -0.3 is 14.2 Å². The van der Waals surface area contributed by atoms with Crippen molar-refractivity contribution in [3.63, 3.8) is 0 Å². The van der Waals surface area contributed by atoms with Gasteiger partial charge in [-0.15, -0.1) is 0 Å². The largest absolute Gasteiger partial charge is 0.373 e. The Balaban J connectivity index is 1.60. The number of benzene rings is 2. The first kappa shape index (κ1) is 20.5. The molecule has 2 saturated heterocycles. The van der Waals surface area contributed by atoms with Gasteiger partial charge in [-0.05, 0) is 74.8 Å². The zero-order valence-electron chi connectivity index (χ0n) is 14.3. The number of ether oxygens (including phenoxy) is 3. The quantitative estimate of drug-likeness (QED) is 0.263. The molecule has 7 heteroatoms. The molecule has 27 heavy (non-hydrogen) atoms. The highest BCUT2D eigenvalue weighted by Crippen LogP contribution is 2.52. The third kappa shape index (κ3) is 5.24. The van der Waals surface area contributed by atoms with E-state index in [-0.39, 0.29) is 0 Å². The highest BCUT2D eigenvalue weighted by molar-refractivity contribution is 9.25. The summed E-state index contributed by atoms with van der Waals surface area (Å²) in [6.07, 6.45) is 2.34. The van der Waals surface area contributed by atoms with E-state index in [1.54, 1.807) is 0 Å². The molecule has 0 spiro atoms. The van der Waals surface area contributed by atoms with E-state index < -0.39 is 6.84 Å². The van der Waals surface area contributed by atoms with Crippen LogP contribution in [-0.2, 0) is 33.9 Å². The summed E-state index contributed by atoms with van der Waals surface area (Å²) in [6.45, 7) is 1.65. The van der Waals surface area contributed by atoms with Gasteiger partial charge in [0, 0.05) is 24.0 Å². The fraction of sp³-hybridized carbons (Fsp3) is 0.400. The summed E-state index contributed by atoms with van der Waals surface area (Å²) in [4.78, 5) is 0. The maximum absolute atomic E-state index is 6.47. The maximum atomic E-state index is 6.47. The third-order valence-corrected chi connectivity index (χ3v) is 6.97. The molecule has 0 amide bonds. The van der Waals surface area contributed by atoms with Crippen molar-refractivity contribution in [1.82, 2.24) is 0 Å². The SMILES string of the molecule is BrC(Br)(OC(Br)(Br)c1ccccc1CC1CO1)c1ccccc1CC1CO1. The highest BCUT2D eigenvalue weighted by Gasteiger charge is 2.41. The van der Waals surface area contributed by atoms with Crippen molar-refractivity contribution >= 4 is 63.7 Å². The standard InChI is InChI=1S/C20H18Br4O3/c21-19(22,17-7-3-1-5-13(17)9-15-11-25-15)27-20(23,24)18-8-4-2-6-14(18)10-16-12-26-16/h1-8,15-16H,9-12H2. The van der Waals surface area contributed by atoms with Gasteiger partial charge in [0.1, 0.15) is 0 Å². The fourth-order valence-electron chi connectivity index (χ4n) is 3.10. The Labute approximate surface area is 192 Å². The lowest BCUT2D eigenvalue weighted by atomic mass is 10.0. The number of hydrogen-bond acceptors (Lipinski definition) is 3. The van der Waals surface area contributed by atoms with Crippen LogP contribution in [0.4, 0.5) is 0 Å². The van der Waals surface area contributed by atoms with Crippen LogP contribution in [0.25, 0.3) is 0 Å². The highest BCUT2D eigenvalue weighted by atomic mass is 79.9. The minimum Gasteiger partial charge on any atom is -0.373 e. The fourth-order valence-corrected chi connectivity index (χ4v) is 6.49. The molecule has 4 rings (SSSR count). The Morgan fingerprint density at radius 3 is 1.48 bits per heavy atom. The lowest BCUT2D eigenvalue weighted by Crippen LogP contribution is -2.27. The predicted molar refractivity (Wildman–Crippen MR) is 120 cm³/mol. The molecule has 144 valence electrons. The Kier molecular flexibility index (Phi) is 6.20. The van der Waals surface area contributed by atoms with Crippen LogP contribution in [0.1, 0.15) is 22.3 Å². The summed E-state index contributed by atoms with van der Waals surface area (Å²) in [5, 5.41) is 0. The van der Waals surface area contributed by atoms with E-state index >= 15 is 0 Å². The average molecular weight is 626 g/mol. The Hall–Kier alpha value is 0.240. The predicted octanol–water partition coefficient (Wildman–Crippen LogP) is 6.09. The lowest BCUT2D eigenvalue weighted by Gasteiger charge is -2.33. The molecule has 0 N–H and O–H groups in total. The molecule has 2 atom stereocenters. The van der Waals surface area contributed by atoms with Crippen molar-refractivity contribution in [2.24, 2.45) is 0 Å². The Bertz CT molecular complexity index is 749. The van der Waals surface area contributed by atoms with Crippen LogP contribution in [0.3, 0.4) is 0 Å². The summed E-state index contributed by atoms with van der Waals surface area (Å²) >= 11 is 15.0. The van der Waals surface area contributed by atoms with Crippen molar-refractivity contribution in [2.45, 2.75) is 31.9 Å². The third-order valence-electron chi connectivity index (χ3n) is 4.62. The minimum absolute atomic E-state index is 0.305. The molecule has 2 fully saturated rings. The van der Waals surface area contributed by atoms with Gasteiger partial charge in [0.25, 0.3) is 0 Å². The van der Waals surface area contributed by atoms with Gasteiger partial charge in [-0.2, -0.15) is 0 Å². The van der Waals surface area contributed by atoms with Crippen LogP contribution in [0, 0.1) is 0 Å². The molecule has 2 unspecified atom stereocenters. The Morgan fingerprint density at radius 1 is 0.741 bits per heavy atom. The first-order chi connectivity index (χ1) is 12.9. The van der Waals surface area contributed by atoms with Crippen molar-refractivity contribution in [3.05, 3.63) is 70.8 Å². The van der Waals surface area contributed by atoms with Crippen molar-refractivity contribution in [2.75, 3.05) is 13.2 Å². The van der Waals surface area contributed by atoms with Gasteiger partial charge in [-0.1, -0.05) is 48.5 Å². The summed E-state index contributed by atoms with van der Waals surface area (Å²) in [5.74, 6) is 0. The first-order valence-electron chi connectivity index (χ1n) is 8.71. The second kappa shape index (κ2) is 8.17. The molecule has 2 aliphatic rings. The number of rotatable bonds is 8. The van der Waals surface area contributed by atoms with Gasteiger partial charge in [0.05, 0.1) is 25.4 Å². The smallest absolute Gasteiger partial charge is 0.206 e. The second-order valence-electron chi connectivity index (χ2n) is 6.77. The first-order valence-corrected chi connectivity index (χ1v) is 11.9. The lowest BCUT2D eigenvalue weighted by molar-refractivity contribution is 0.0621. The van der Waals surface area contributed by atoms with E-state index in [9.17, 15) is 0 Å². The van der Waals surface area contributed by atoms with E-state index in [1.807, 2.05) is 24.3 Å². The molecule has 2 aromatic rings. The van der Waals surface area contributed by atoms with Gasteiger partial charge in [0.15, 0.2) is 0 Å². The molecule has 2 aliphatic heterocycles. The summed E-state index contributed by atoms with van der Waals surface area (Å²) in [7, 11) is 0. The molecule has 0 bridgehead atoms. The zero-order valence-corrected chi connectivity index (χ0v) is 20.7. The molecule has 0 aromatic heterocycles. The van der Waals surface area contributed by atoms with Crippen molar-refractivity contribution < 1.29 is 14.2 Å². The van der Waals surface area contributed by atoms with Gasteiger partial charge in [-0.25, -0.2) is 0 Å². The molecule has 2 heterocycles. The number of hydrogen-bond donors (Lipinski definition) is 0. The van der Waals surface area contributed by atoms with E-state index in [0.717, 1.165) is 37.2 Å². The summed E-state index contributed by atoms with van der Waals surface area (Å²) in [5.41, 5.74) is 4.41. The number of alkyl halides is 4. The van der Waals surface area contributed by atoms with Crippen LogP contribution < -0.4 is 0 Å². The van der Waals surface area contributed by atoms with Crippen LogP contribution in [-0.4, -0.2) is 25.4 Å². The summed E-state index contributed by atoms with van der Waals surface area (Å²) < 4.78 is 15.5. The van der Waals surface area contributed by atoms with E-state index in [4.69, 9.17) is 14.2 Å². The van der Waals surface area contributed by atoms with Crippen LogP contribution in [0.5, 0.6) is 0 Å². The zero-order chi connectivity index (χ0) is 19.1. The van der Waals surface area contributed by atoms with Gasteiger partial charge >= 0.3 is 0 Å². The molecular weight excluding hydrogens is 608 g/mol. The van der Waals surface area contributed by atoms with Crippen LogP contribution >= 0.6 is 63.7 Å². The minimum atomic E-state index is -0.873. The molecule has 0 aliphatic carbocycles. The molecule has 3 nitrogen and oxygen atoms in total. The topological polar surface area (TPSA) is 34.3 Å². The van der Waals surface area contributed by atoms with Gasteiger partial charge in [0.2, 0.25) is 6.84 Å².